The van der Waals surface area contributed by atoms with Crippen LogP contribution in [-0.2, 0) is 16.1 Å². The monoisotopic (exact) mass is 392 g/mol. The predicted octanol–water partition coefficient (Wildman–Crippen LogP) is 3.52. The number of carbonyl (C=O) groups excluding carboxylic acids is 2. The third kappa shape index (κ3) is 3.48. The van der Waals surface area contributed by atoms with Crippen molar-refractivity contribution in [3.05, 3.63) is 51.1 Å². The van der Waals surface area contributed by atoms with E-state index in [1.54, 1.807) is 28.2 Å². The van der Waals surface area contributed by atoms with Gasteiger partial charge in [0.05, 0.1) is 6.54 Å². The summed E-state index contributed by atoms with van der Waals surface area (Å²) in [6.45, 7) is 1.13. The maximum absolute atomic E-state index is 12.6. The van der Waals surface area contributed by atoms with E-state index in [0.717, 1.165) is 15.0 Å². The Morgan fingerprint density at radius 3 is 2.91 bits per heavy atom. The molecular formula is C17H17BrN2O2S. The zero-order valence-electron chi connectivity index (χ0n) is 12.7. The van der Waals surface area contributed by atoms with Gasteiger partial charge in [-0.05, 0) is 36.1 Å². The minimum atomic E-state index is -0.570. The molecule has 0 N–H and O–H groups in total. The number of anilines is 1. The lowest BCUT2D eigenvalue weighted by Crippen LogP contribution is -2.37. The van der Waals surface area contributed by atoms with Crippen LogP contribution in [0.15, 0.2) is 46.3 Å². The molecule has 1 aromatic heterocycles. The van der Waals surface area contributed by atoms with E-state index in [0.29, 0.717) is 19.5 Å². The zero-order valence-corrected chi connectivity index (χ0v) is 15.1. The molecular weight excluding hydrogens is 376 g/mol. The standard InChI is InChI=1S/C17H17BrN2O2S/c1-19(11-14-6-3-9-23-14)16(21)15-7-8-20(17(15)22)13-5-2-4-12(18)10-13/h2-6,9-10,15H,7-8,11H2,1H3. The van der Waals surface area contributed by atoms with E-state index in [1.165, 1.54) is 0 Å². The van der Waals surface area contributed by atoms with Crippen molar-refractivity contribution in [1.29, 1.82) is 0 Å². The van der Waals surface area contributed by atoms with Crippen LogP contribution in [0.3, 0.4) is 0 Å². The van der Waals surface area contributed by atoms with Crippen LogP contribution in [0.25, 0.3) is 0 Å². The van der Waals surface area contributed by atoms with Crippen LogP contribution in [0.4, 0.5) is 5.69 Å². The molecule has 1 unspecified atom stereocenters. The highest BCUT2D eigenvalue weighted by Crippen LogP contribution is 2.28. The van der Waals surface area contributed by atoms with Crippen LogP contribution in [0.5, 0.6) is 0 Å². The fourth-order valence-corrected chi connectivity index (χ4v) is 3.93. The first-order valence-electron chi connectivity index (χ1n) is 7.40. The minimum absolute atomic E-state index is 0.0964. The van der Waals surface area contributed by atoms with Crippen molar-refractivity contribution >= 4 is 44.8 Å². The topological polar surface area (TPSA) is 40.6 Å². The number of thiophene rings is 1. The lowest BCUT2D eigenvalue weighted by atomic mass is 10.1. The molecule has 0 spiro atoms. The van der Waals surface area contributed by atoms with Gasteiger partial charge in [-0.1, -0.05) is 28.1 Å². The second-order valence-electron chi connectivity index (χ2n) is 5.58. The summed E-state index contributed by atoms with van der Waals surface area (Å²) in [4.78, 5) is 29.7. The van der Waals surface area contributed by atoms with Crippen molar-refractivity contribution in [3.8, 4) is 0 Å². The molecule has 0 saturated carbocycles. The van der Waals surface area contributed by atoms with E-state index >= 15 is 0 Å². The van der Waals surface area contributed by atoms with Crippen molar-refractivity contribution in [2.45, 2.75) is 13.0 Å². The van der Waals surface area contributed by atoms with E-state index in [2.05, 4.69) is 15.9 Å². The molecule has 3 rings (SSSR count). The molecule has 0 bridgehead atoms. The Bertz CT molecular complexity index is 717. The number of rotatable bonds is 4. The Morgan fingerprint density at radius 1 is 1.39 bits per heavy atom. The molecule has 0 radical (unpaired) electrons. The Balaban J connectivity index is 1.69. The van der Waals surface area contributed by atoms with Crippen LogP contribution in [-0.4, -0.2) is 30.3 Å². The highest BCUT2D eigenvalue weighted by Gasteiger charge is 2.39. The Kier molecular flexibility index (Phi) is 4.82. The molecule has 4 nitrogen and oxygen atoms in total. The van der Waals surface area contributed by atoms with Gasteiger partial charge in [-0.3, -0.25) is 9.59 Å². The van der Waals surface area contributed by atoms with E-state index in [1.807, 2.05) is 41.8 Å². The maximum Gasteiger partial charge on any atom is 0.239 e. The summed E-state index contributed by atoms with van der Waals surface area (Å²) in [6.07, 6.45) is 0.568. The fraction of sp³-hybridized carbons (Fsp3) is 0.294. The molecule has 120 valence electrons. The van der Waals surface area contributed by atoms with Gasteiger partial charge in [0.15, 0.2) is 0 Å². The first kappa shape index (κ1) is 16.2. The number of hydrogen-bond acceptors (Lipinski definition) is 3. The highest BCUT2D eigenvalue weighted by atomic mass is 79.9. The average Bonchev–Trinajstić information content (AvgIpc) is 3.16. The number of amides is 2. The quantitative estimate of drug-likeness (QED) is 0.746. The van der Waals surface area contributed by atoms with Gasteiger partial charge < -0.3 is 9.80 Å². The Labute approximate surface area is 147 Å². The van der Waals surface area contributed by atoms with Crippen molar-refractivity contribution in [3.63, 3.8) is 0 Å². The predicted molar refractivity (Wildman–Crippen MR) is 95.4 cm³/mol. The first-order chi connectivity index (χ1) is 11.1. The summed E-state index contributed by atoms with van der Waals surface area (Å²) in [5.41, 5.74) is 0.834. The molecule has 2 amide bonds. The third-order valence-electron chi connectivity index (χ3n) is 3.97. The van der Waals surface area contributed by atoms with Crippen molar-refractivity contribution in [2.24, 2.45) is 5.92 Å². The van der Waals surface area contributed by atoms with Gasteiger partial charge in [0, 0.05) is 28.6 Å². The zero-order chi connectivity index (χ0) is 16.4. The van der Waals surface area contributed by atoms with Crippen LogP contribution in [0.1, 0.15) is 11.3 Å². The van der Waals surface area contributed by atoms with Crippen molar-refractivity contribution < 1.29 is 9.59 Å². The molecule has 1 aliphatic rings. The first-order valence-corrected chi connectivity index (χ1v) is 9.08. The number of halogens is 1. The SMILES string of the molecule is CN(Cc1cccs1)C(=O)C1CCN(c2cccc(Br)c2)C1=O. The van der Waals surface area contributed by atoms with E-state index in [9.17, 15) is 9.59 Å². The average molecular weight is 393 g/mol. The summed E-state index contributed by atoms with van der Waals surface area (Å²) in [5.74, 6) is -0.772. The number of benzene rings is 1. The third-order valence-corrected chi connectivity index (χ3v) is 5.33. The van der Waals surface area contributed by atoms with E-state index < -0.39 is 5.92 Å². The van der Waals surface area contributed by atoms with Gasteiger partial charge in [0.1, 0.15) is 5.92 Å². The number of carbonyl (C=O) groups is 2. The van der Waals surface area contributed by atoms with Crippen LogP contribution < -0.4 is 4.90 Å². The van der Waals surface area contributed by atoms with Gasteiger partial charge >= 0.3 is 0 Å². The number of nitrogens with zero attached hydrogens (tertiary/aromatic N) is 2. The molecule has 1 atom stereocenters. The lowest BCUT2D eigenvalue weighted by Gasteiger charge is -2.21. The summed E-state index contributed by atoms with van der Waals surface area (Å²) in [5, 5.41) is 1.99. The molecule has 1 aliphatic heterocycles. The second kappa shape index (κ2) is 6.84. The van der Waals surface area contributed by atoms with Crippen molar-refractivity contribution in [2.75, 3.05) is 18.5 Å². The molecule has 1 fully saturated rings. The maximum atomic E-state index is 12.6. The van der Waals surface area contributed by atoms with Gasteiger partial charge in [-0.2, -0.15) is 0 Å². The summed E-state index contributed by atoms with van der Waals surface area (Å²) < 4.78 is 0.924. The molecule has 6 heteroatoms. The van der Waals surface area contributed by atoms with Crippen LogP contribution in [0, 0.1) is 5.92 Å². The molecule has 1 aromatic carbocycles. The van der Waals surface area contributed by atoms with E-state index in [-0.39, 0.29) is 11.8 Å². The number of hydrogen-bond donors (Lipinski definition) is 0. The van der Waals surface area contributed by atoms with Gasteiger partial charge in [-0.25, -0.2) is 0 Å². The van der Waals surface area contributed by atoms with Crippen LogP contribution >= 0.6 is 27.3 Å². The summed E-state index contributed by atoms with van der Waals surface area (Å²) >= 11 is 5.03. The summed E-state index contributed by atoms with van der Waals surface area (Å²) in [6, 6.07) is 11.6. The molecule has 0 aliphatic carbocycles. The van der Waals surface area contributed by atoms with Gasteiger partial charge in [-0.15, -0.1) is 11.3 Å². The minimum Gasteiger partial charge on any atom is -0.340 e. The summed E-state index contributed by atoms with van der Waals surface area (Å²) in [7, 11) is 1.76. The molecule has 2 aromatic rings. The Morgan fingerprint density at radius 2 is 2.22 bits per heavy atom. The fourth-order valence-electron chi connectivity index (χ4n) is 2.79. The Hall–Kier alpha value is -1.66. The smallest absolute Gasteiger partial charge is 0.239 e. The molecule has 1 saturated heterocycles. The molecule has 2 heterocycles. The lowest BCUT2D eigenvalue weighted by molar-refractivity contribution is -0.139. The normalized spacial score (nSPS) is 17.6. The largest absolute Gasteiger partial charge is 0.340 e. The van der Waals surface area contributed by atoms with Crippen molar-refractivity contribution in [1.82, 2.24) is 4.90 Å². The van der Waals surface area contributed by atoms with E-state index in [4.69, 9.17) is 0 Å². The second-order valence-corrected chi connectivity index (χ2v) is 7.53. The highest BCUT2D eigenvalue weighted by molar-refractivity contribution is 9.10. The van der Waals surface area contributed by atoms with Gasteiger partial charge in [0.2, 0.25) is 11.8 Å². The molecule has 23 heavy (non-hydrogen) atoms. The van der Waals surface area contributed by atoms with Crippen LogP contribution in [0.2, 0.25) is 0 Å². The van der Waals surface area contributed by atoms with Gasteiger partial charge in [0.25, 0.3) is 0 Å².